The molecule has 0 radical (unpaired) electrons. The molecule has 1 aromatic heterocycles. The highest BCUT2D eigenvalue weighted by Gasteiger charge is 2.05. The molecular formula is C11H11FN4O. The van der Waals surface area contributed by atoms with Crippen LogP contribution in [0.3, 0.4) is 0 Å². The molecule has 0 atom stereocenters. The Morgan fingerprint density at radius 3 is 2.65 bits per heavy atom. The minimum Gasteiger partial charge on any atom is -0.497 e. The molecule has 0 amide bonds. The number of ether oxygens (including phenoxy) is 1. The Morgan fingerprint density at radius 2 is 2.00 bits per heavy atom. The first kappa shape index (κ1) is 11.1. The Kier molecular flexibility index (Phi) is 3.04. The molecule has 0 aliphatic carbocycles. The largest absolute Gasteiger partial charge is 0.497 e. The van der Waals surface area contributed by atoms with E-state index in [9.17, 15) is 4.39 Å². The molecular weight excluding hydrogens is 223 g/mol. The number of nitrogens with two attached hydrogens (primary N) is 1. The average Bonchev–Trinajstić information content (AvgIpc) is 2.35. The molecule has 0 saturated heterocycles. The first-order valence-electron chi connectivity index (χ1n) is 4.87. The Bertz CT molecular complexity index is 515. The van der Waals surface area contributed by atoms with E-state index in [1.807, 2.05) is 0 Å². The van der Waals surface area contributed by atoms with Crippen LogP contribution in [0, 0.1) is 5.82 Å². The highest BCUT2D eigenvalue weighted by Crippen LogP contribution is 2.23. The molecule has 88 valence electrons. The minimum atomic E-state index is -0.411. The molecule has 6 heteroatoms. The Labute approximate surface area is 97.5 Å². The monoisotopic (exact) mass is 234 g/mol. The van der Waals surface area contributed by atoms with Crippen molar-refractivity contribution in [2.24, 2.45) is 0 Å². The van der Waals surface area contributed by atoms with Gasteiger partial charge in [0.25, 0.3) is 0 Å². The number of hydrogen-bond donors (Lipinski definition) is 2. The molecule has 0 aliphatic heterocycles. The SMILES string of the molecule is COc1ccc(F)c(Nc2ncc(N)cn2)c1. The summed E-state index contributed by atoms with van der Waals surface area (Å²) in [4.78, 5) is 7.83. The van der Waals surface area contributed by atoms with Gasteiger partial charge < -0.3 is 15.8 Å². The van der Waals surface area contributed by atoms with Crippen molar-refractivity contribution in [2.75, 3.05) is 18.2 Å². The summed E-state index contributed by atoms with van der Waals surface area (Å²) in [6.45, 7) is 0. The number of hydrogen-bond acceptors (Lipinski definition) is 5. The van der Waals surface area contributed by atoms with E-state index in [0.717, 1.165) is 0 Å². The molecule has 5 nitrogen and oxygen atoms in total. The summed E-state index contributed by atoms with van der Waals surface area (Å²) in [5, 5.41) is 2.74. The van der Waals surface area contributed by atoms with Gasteiger partial charge in [0.15, 0.2) is 0 Å². The Balaban J connectivity index is 2.25. The van der Waals surface area contributed by atoms with Crippen LogP contribution in [0.1, 0.15) is 0 Å². The second kappa shape index (κ2) is 4.65. The van der Waals surface area contributed by atoms with Crippen molar-refractivity contribution < 1.29 is 9.13 Å². The van der Waals surface area contributed by atoms with Crippen LogP contribution in [0.5, 0.6) is 5.75 Å². The van der Waals surface area contributed by atoms with Gasteiger partial charge in [-0.05, 0) is 12.1 Å². The van der Waals surface area contributed by atoms with Gasteiger partial charge in [0, 0.05) is 6.07 Å². The van der Waals surface area contributed by atoms with Gasteiger partial charge in [-0.25, -0.2) is 14.4 Å². The third kappa shape index (κ3) is 2.60. The van der Waals surface area contributed by atoms with Gasteiger partial charge in [0.2, 0.25) is 5.95 Å². The van der Waals surface area contributed by atoms with Gasteiger partial charge in [-0.1, -0.05) is 0 Å². The zero-order chi connectivity index (χ0) is 12.3. The molecule has 2 rings (SSSR count). The first-order valence-corrected chi connectivity index (χ1v) is 4.87. The lowest BCUT2D eigenvalue weighted by molar-refractivity contribution is 0.414. The van der Waals surface area contributed by atoms with E-state index < -0.39 is 5.82 Å². The van der Waals surface area contributed by atoms with Gasteiger partial charge in [-0.2, -0.15) is 0 Å². The van der Waals surface area contributed by atoms with Crippen molar-refractivity contribution in [1.82, 2.24) is 9.97 Å². The molecule has 1 heterocycles. The number of methoxy groups -OCH3 is 1. The maximum absolute atomic E-state index is 13.5. The van der Waals surface area contributed by atoms with E-state index in [1.165, 1.54) is 37.7 Å². The van der Waals surface area contributed by atoms with Crippen molar-refractivity contribution in [3.8, 4) is 5.75 Å². The van der Waals surface area contributed by atoms with Gasteiger partial charge in [-0.15, -0.1) is 0 Å². The predicted octanol–water partition coefficient (Wildman–Crippen LogP) is 1.95. The summed E-state index contributed by atoms with van der Waals surface area (Å²) in [5.74, 6) is 0.405. The highest BCUT2D eigenvalue weighted by atomic mass is 19.1. The molecule has 2 aromatic rings. The van der Waals surface area contributed by atoms with E-state index in [1.54, 1.807) is 0 Å². The van der Waals surface area contributed by atoms with Crippen LogP contribution < -0.4 is 15.8 Å². The maximum atomic E-state index is 13.5. The molecule has 0 fully saturated rings. The van der Waals surface area contributed by atoms with E-state index in [2.05, 4.69) is 15.3 Å². The summed E-state index contributed by atoms with van der Waals surface area (Å²) in [7, 11) is 1.51. The van der Waals surface area contributed by atoms with Gasteiger partial charge in [-0.3, -0.25) is 0 Å². The fourth-order valence-corrected chi connectivity index (χ4v) is 1.25. The van der Waals surface area contributed by atoms with Crippen molar-refractivity contribution >= 4 is 17.3 Å². The average molecular weight is 234 g/mol. The molecule has 0 aliphatic rings. The lowest BCUT2D eigenvalue weighted by Gasteiger charge is -2.07. The van der Waals surface area contributed by atoms with Crippen LogP contribution >= 0.6 is 0 Å². The summed E-state index contributed by atoms with van der Waals surface area (Å²) in [6, 6.07) is 4.36. The lowest BCUT2D eigenvalue weighted by Crippen LogP contribution is -2.00. The van der Waals surface area contributed by atoms with E-state index >= 15 is 0 Å². The van der Waals surface area contributed by atoms with Gasteiger partial charge >= 0.3 is 0 Å². The topological polar surface area (TPSA) is 73.1 Å². The van der Waals surface area contributed by atoms with Crippen molar-refractivity contribution in [3.63, 3.8) is 0 Å². The normalized spacial score (nSPS) is 10.0. The molecule has 0 bridgehead atoms. The Hall–Kier alpha value is -2.37. The molecule has 1 aromatic carbocycles. The van der Waals surface area contributed by atoms with Crippen LogP contribution in [0.15, 0.2) is 30.6 Å². The molecule has 0 unspecified atom stereocenters. The number of aromatic nitrogens is 2. The molecule has 0 spiro atoms. The maximum Gasteiger partial charge on any atom is 0.227 e. The number of benzene rings is 1. The summed E-state index contributed by atoms with van der Waals surface area (Å²) >= 11 is 0. The fraction of sp³-hybridized carbons (Fsp3) is 0.0909. The molecule has 0 saturated carbocycles. The fourth-order valence-electron chi connectivity index (χ4n) is 1.25. The second-order valence-corrected chi connectivity index (χ2v) is 3.31. The summed E-state index contributed by atoms with van der Waals surface area (Å²) in [5.41, 5.74) is 6.14. The number of halogens is 1. The van der Waals surface area contributed by atoms with Crippen LogP contribution in [0.4, 0.5) is 21.7 Å². The Morgan fingerprint density at radius 1 is 1.29 bits per heavy atom. The zero-order valence-electron chi connectivity index (χ0n) is 9.14. The highest BCUT2D eigenvalue weighted by molar-refractivity contribution is 5.57. The van der Waals surface area contributed by atoms with Crippen LogP contribution in [0.2, 0.25) is 0 Å². The van der Waals surface area contributed by atoms with Crippen LogP contribution in [-0.2, 0) is 0 Å². The van der Waals surface area contributed by atoms with E-state index in [0.29, 0.717) is 11.4 Å². The van der Waals surface area contributed by atoms with Crippen molar-refractivity contribution in [1.29, 1.82) is 0 Å². The van der Waals surface area contributed by atoms with Crippen molar-refractivity contribution in [3.05, 3.63) is 36.4 Å². The number of nitrogens with zero attached hydrogens (tertiary/aromatic N) is 2. The quantitative estimate of drug-likeness (QED) is 0.849. The number of nitrogens with one attached hydrogen (secondary N) is 1. The summed E-state index contributed by atoms with van der Waals surface area (Å²) < 4.78 is 18.5. The smallest absolute Gasteiger partial charge is 0.227 e. The molecule has 3 N–H and O–H groups in total. The second-order valence-electron chi connectivity index (χ2n) is 3.31. The van der Waals surface area contributed by atoms with Crippen molar-refractivity contribution in [2.45, 2.75) is 0 Å². The van der Waals surface area contributed by atoms with Gasteiger partial charge in [0.05, 0.1) is 30.9 Å². The first-order chi connectivity index (χ1) is 8.19. The third-order valence-corrected chi connectivity index (χ3v) is 2.09. The standard InChI is InChI=1S/C11H11FN4O/c1-17-8-2-3-9(12)10(4-8)16-11-14-5-7(13)6-15-11/h2-6H,13H2,1H3,(H,14,15,16). The number of rotatable bonds is 3. The van der Waals surface area contributed by atoms with Crippen LogP contribution in [0.25, 0.3) is 0 Å². The predicted molar refractivity (Wildman–Crippen MR) is 62.7 cm³/mol. The molecule has 17 heavy (non-hydrogen) atoms. The van der Waals surface area contributed by atoms with Crippen LogP contribution in [-0.4, -0.2) is 17.1 Å². The number of nitrogen functional groups attached to an aromatic ring is 1. The zero-order valence-corrected chi connectivity index (χ0v) is 9.14. The van der Waals surface area contributed by atoms with Gasteiger partial charge in [0.1, 0.15) is 11.6 Å². The number of anilines is 3. The van der Waals surface area contributed by atoms with E-state index in [-0.39, 0.29) is 11.6 Å². The van der Waals surface area contributed by atoms with E-state index in [4.69, 9.17) is 10.5 Å². The summed E-state index contributed by atoms with van der Waals surface area (Å²) in [6.07, 6.45) is 2.88. The minimum absolute atomic E-state index is 0.245. The third-order valence-electron chi connectivity index (χ3n) is 2.09. The lowest BCUT2D eigenvalue weighted by atomic mass is 10.3.